The molecule has 1 aromatic carbocycles. The maximum Gasteiger partial charge on any atom is 0.306 e. The zero-order valence-electron chi connectivity index (χ0n) is 10.8. The molecule has 3 heteroatoms. The molecular formula is C14H20O3. The molecule has 0 saturated heterocycles. The maximum absolute atomic E-state index is 10.9. The summed E-state index contributed by atoms with van der Waals surface area (Å²) in [6, 6.07) is 5.73. The molecule has 3 atom stereocenters. The van der Waals surface area contributed by atoms with Crippen molar-refractivity contribution in [1.29, 1.82) is 0 Å². The molecule has 17 heavy (non-hydrogen) atoms. The van der Waals surface area contributed by atoms with Gasteiger partial charge in [0.1, 0.15) is 0 Å². The van der Waals surface area contributed by atoms with Crippen molar-refractivity contribution in [1.82, 2.24) is 0 Å². The van der Waals surface area contributed by atoms with Crippen LogP contribution in [0, 0.1) is 25.7 Å². The van der Waals surface area contributed by atoms with Crippen molar-refractivity contribution in [3.63, 3.8) is 0 Å². The van der Waals surface area contributed by atoms with Gasteiger partial charge in [0.15, 0.2) is 0 Å². The van der Waals surface area contributed by atoms with Crippen LogP contribution in [0.25, 0.3) is 0 Å². The molecule has 0 aliphatic carbocycles. The van der Waals surface area contributed by atoms with Crippen molar-refractivity contribution in [3.05, 3.63) is 34.9 Å². The van der Waals surface area contributed by atoms with Gasteiger partial charge in [0.2, 0.25) is 0 Å². The molecule has 0 spiro atoms. The predicted molar refractivity (Wildman–Crippen MR) is 66.8 cm³/mol. The second-order valence-electron chi connectivity index (χ2n) is 4.77. The van der Waals surface area contributed by atoms with Crippen molar-refractivity contribution >= 4 is 5.97 Å². The molecule has 0 saturated carbocycles. The summed E-state index contributed by atoms with van der Waals surface area (Å²) in [6.07, 6.45) is -0.736. The Bertz CT molecular complexity index is 412. The number of carbonyl (C=O) groups is 1. The fourth-order valence-electron chi connectivity index (χ4n) is 1.75. The number of benzene rings is 1. The zero-order valence-corrected chi connectivity index (χ0v) is 10.8. The monoisotopic (exact) mass is 236 g/mol. The van der Waals surface area contributed by atoms with E-state index in [9.17, 15) is 9.90 Å². The first kappa shape index (κ1) is 13.7. The first-order chi connectivity index (χ1) is 7.84. The summed E-state index contributed by atoms with van der Waals surface area (Å²) >= 11 is 0. The number of hydrogen-bond acceptors (Lipinski definition) is 2. The summed E-state index contributed by atoms with van der Waals surface area (Å²) in [5.41, 5.74) is 3.06. The van der Waals surface area contributed by atoms with Crippen LogP contribution in [0.5, 0.6) is 0 Å². The van der Waals surface area contributed by atoms with Crippen molar-refractivity contribution in [2.24, 2.45) is 11.8 Å². The van der Waals surface area contributed by atoms with Crippen molar-refractivity contribution in [2.75, 3.05) is 0 Å². The predicted octanol–water partition coefficient (Wildman–Crippen LogP) is 2.69. The van der Waals surface area contributed by atoms with Crippen LogP contribution in [0.1, 0.15) is 36.6 Å². The third-order valence-corrected chi connectivity index (χ3v) is 3.55. The number of aryl methyl sites for hydroxylation is 2. The maximum atomic E-state index is 10.9. The van der Waals surface area contributed by atoms with Crippen molar-refractivity contribution < 1.29 is 15.0 Å². The third-order valence-electron chi connectivity index (χ3n) is 3.55. The van der Waals surface area contributed by atoms with Crippen LogP contribution in [0.4, 0.5) is 0 Å². The van der Waals surface area contributed by atoms with Crippen LogP contribution in [0.2, 0.25) is 0 Å². The summed E-state index contributed by atoms with van der Waals surface area (Å²) in [5.74, 6) is -1.75. The fourth-order valence-corrected chi connectivity index (χ4v) is 1.75. The number of carboxylic acids is 1. The van der Waals surface area contributed by atoms with Crippen molar-refractivity contribution in [3.8, 4) is 0 Å². The minimum Gasteiger partial charge on any atom is -0.481 e. The largest absolute Gasteiger partial charge is 0.481 e. The third kappa shape index (κ3) is 3.07. The lowest BCUT2D eigenvalue weighted by Gasteiger charge is -2.23. The highest BCUT2D eigenvalue weighted by atomic mass is 16.4. The van der Waals surface area contributed by atoms with Gasteiger partial charge in [0.05, 0.1) is 12.0 Å². The van der Waals surface area contributed by atoms with Gasteiger partial charge in [-0.1, -0.05) is 32.0 Å². The minimum atomic E-state index is -0.875. The Kier molecular flexibility index (Phi) is 4.29. The summed E-state index contributed by atoms with van der Waals surface area (Å²) in [7, 11) is 0. The molecule has 1 aromatic rings. The normalized spacial score (nSPS) is 16.3. The molecule has 94 valence electrons. The Hall–Kier alpha value is -1.35. The molecule has 2 N–H and O–H groups in total. The Morgan fingerprint density at radius 3 is 2.24 bits per heavy atom. The molecule has 3 unspecified atom stereocenters. The van der Waals surface area contributed by atoms with Crippen LogP contribution >= 0.6 is 0 Å². The van der Waals surface area contributed by atoms with E-state index in [2.05, 4.69) is 0 Å². The average Bonchev–Trinajstić information content (AvgIpc) is 2.29. The molecule has 0 radical (unpaired) electrons. The summed E-state index contributed by atoms with van der Waals surface area (Å²) < 4.78 is 0. The smallest absolute Gasteiger partial charge is 0.306 e. The molecule has 0 fully saturated rings. The summed E-state index contributed by atoms with van der Waals surface area (Å²) in [4.78, 5) is 10.9. The highest BCUT2D eigenvalue weighted by Crippen LogP contribution is 2.28. The Morgan fingerprint density at radius 1 is 1.18 bits per heavy atom. The molecule has 1 rings (SSSR count). The molecule has 0 heterocycles. The Morgan fingerprint density at radius 2 is 1.76 bits per heavy atom. The van der Waals surface area contributed by atoms with E-state index in [1.54, 1.807) is 13.8 Å². The quantitative estimate of drug-likeness (QED) is 0.845. The molecule has 0 aromatic heterocycles. The van der Waals surface area contributed by atoms with Gasteiger partial charge in [0.25, 0.3) is 0 Å². The van der Waals surface area contributed by atoms with Crippen molar-refractivity contribution in [2.45, 2.75) is 33.8 Å². The molecule has 0 aliphatic rings. The lowest BCUT2D eigenvalue weighted by Crippen LogP contribution is -2.23. The SMILES string of the molecule is Cc1ccc(C(O)C(C)C(C)C(=O)O)cc1C. The number of hydrogen-bond donors (Lipinski definition) is 2. The topological polar surface area (TPSA) is 57.5 Å². The number of carboxylic acid groups (broad SMARTS) is 1. The van der Waals surface area contributed by atoms with Crippen LogP contribution in [0.3, 0.4) is 0 Å². The van der Waals surface area contributed by atoms with Gasteiger partial charge in [-0.3, -0.25) is 4.79 Å². The van der Waals surface area contributed by atoms with E-state index in [0.29, 0.717) is 0 Å². The minimum absolute atomic E-state index is 0.311. The molecular weight excluding hydrogens is 216 g/mol. The van der Waals surface area contributed by atoms with E-state index in [-0.39, 0.29) is 5.92 Å². The molecule has 0 bridgehead atoms. The van der Waals surface area contributed by atoms with Crippen LogP contribution in [-0.2, 0) is 4.79 Å². The number of rotatable bonds is 4. The van der Waals surface area contributed by atoms with Crippen LogP contribution < -0.4 is 0 Å². The number of aliphatic carboxylic acids is 1. The van der Waals surface area contributed by atoms with Gasteiger partial charge in [0, 0.05) is 0 Å². The molecule has 0 amide bonds. The zero-order chi connectivity index (χ0) is 13.2. The van der Waals surface area contributed by atoms with Gasteiger partial charge < -0.3 is 10.2 Å². The van der Waals surface area contributed by atoms with Gasteiger partial charge in [-0.25, -0.2) is 0 Å². The first-order valence-electron chi connectivity index (χ1n) is 5.82. The average molecular weight is 236 g/mol. The molecule has 0 aliphatic heterocycles. The second kappa shape index (κ2) is 5.32. The lowest BCUT2D eigenvalue weighted by atomic mass is 9.86. The van der Waals surface area contributed by atoms with Gasteiger partial charge in [-0.05, 0) is 36.5 Å². The van der Waals surface area contributed by atoms with Crippen LogP contribution in [-0.4, -0.2) is 16.2 Å². The number of aliphatic hydroxyl groups is 1. The van der Waals surface area contributed by atoms with E-state index in [1.807, 2.05) is 32.0 Å². The van der Waals surface area contributed by atoms with E-state index in [0.717, 1.165) is 11.1 Å². The van der Waals surface area contributed by atoms with Gasteiger partial charge in [-0.2, -0.15) is 0 Å². The Labute approximate surface area is 102 Å². The first-order valence-corrected chi connectivity index (χ1v) is 5.82. The van der Waals surface area contributed by atoms with Gasteiger partial charge >= 0.3 is 5.97 Å². The highest BCUT2D eigenvalue weighted by molar-refractivity contribution is 5.69. The van der Waals surface area contributed by atoms with Gasteiger partial charge in [-0.15, -0.1) is 0 Å². The Balaban J connectivity index is 2.92. The summed E-state index contributed by atoms with van der Waals surface area (Å²) in [6.45, 7) is 7.38. The van der Waals surface area contributed by atoms with Crippen LogP contribution in [0.15, 0.2) is 18.2 Å². The van der Waals surface area contributed by atoms with E-state index in [4.69, 9.17) is 5.11 Å². The highest BCUT2D eigenvalue weighted by Gasteiger charge is 2.27. The second-order valence-corrected chi connectivity index (χ2v) is 4.77. The van der Waals surface area contributed by atoms with E-state index < -0.39 is 18.0 Å². The number of aliphatic hydroxyl groups excluding tert-OH is 1. The fraction of sp³-hybridized carbons (Fsp3) is 0.500. The molecule has 3 nitrogen and oxygen atoms in total. The van der Waals surface area contributed by atoms with E-state index >= 15 is 0 Å². The summed E-state index contributed by atoms with van der Waals surface area (Å²) in [5, 5.41) is 19.1. The standard InChI is InChI=1S/C14H20O3/c1-8-5-6-12(7-9(8)2)13(15)10(3)11(4)14(16)17/h5-7,10-11,13,15H,1-4H3,(H,16,17). The van der Waals surface area contributed by atoms with E-state index in [1.165, 1.54) is 5.56 Å². The lowest BCUT2D eigenvalue weighted by molar-refractivity contribution is -0.144.